The van der Waals surface area contributed by atoms with Crippen LogP contribution in [-0.2, 0) is 11.3 Å². The summed E-state index contributed by atoms with van der Waals surface area (Å²) in [7, 11) is 1.65. The highest BCUT2D eigenvalue weighted by atomic mass is 16.5. The van der Waals surface area contributed by atoms with Crippen LogP contribution in [0.15, 0.2) is 60.9 Å². The zero-order chi connectivity index (χ0) is 21.5. The molecule has 1 amide bonds. The summed E-state index contributed by atoms with van der Waals surface area (Å²) in [5.74, 6) is 1.38. The van der Waals surface area contributed by atoms with Crippen molar-refractivity contribution in [3.8, 4) is 16.9 Å². The molecule has 0 bridgehead atoms. The highest BCUT2D eigenvalue weighted by molar-refractivity contribution is 5.63. The molecule has 160 valence electrons. The molecule has 1 fully saturated rings. The van der Waals surface area contributed by atoms with Gasteiger partial charge in [-0.15, -0.1) is 0 Å². The number of carbonyl (C=O) groups excluding carboxylic acids is 1. The number of benzene rings is 2. The number of rotatable bonds is 8. The number of aromatic nitrogens is 2. The molecule has 0 radical (unpaired) electrons. The van der Waals surface area contributed by atoms with Crippen LogP contribution in [0.3, 0.4) is 0 Å². The van der Waals surface area contributed by atoms with Gasteiger partial charge in [-0.25, -0.2) is 9.97 Å². The van der Waals surface area contributed by atoms with Gasteiger partial charge in [0.25, 0.3) is 0 Å². The molecule has 1 aromatic heterocycles. The van der Waals surface area contributed by atoms with Crippen LogP contribution in [-0.4, -0.2) is 47.5 Å². The van der Waals surface area contributed by atoms with E-state index in [0.717, 1.165) is 61.4 Å². The van der Waals surface area contributed by atoms with E-state index in [9.17, 15) is 4.79 Å². The molecular formula is C24H27N5O2. The maximum Gasteiger partial charge on any atom is 0.227 e. The van der Waals surface area contributed by atoms with Crippen LogP contribution in [0.1, 0.15) is 18.4 Å². The molecular weight excluding hydrogens is 390 g/mol. The molecule has 1 aliphatic rings. The van der Waals surface area contributed by atoms with Crippen LogP contribution < -0.4 is 15.4 Å². The Morgan fingerprint density at radius 3 is 2.48 bits per heavy atom. The van der Waals surface area contributed by atoms with Crippen LogP contribution in [0.5, 0.6) is 5.75 Å². The van der Waals surface area contributed by atoms with E-state index in [1.165, 1.54) is 5.56 Å². The van der Waals surface area contributed by atoms with Crippen molar-refractivity contribution in [2.45, 2.75) is 25.4 Å². The van der Waals surface area contributed by atoms with Gasteiger partial charge in [0, 0.05) is 42.8 Å². The summed E-state index contributed by atoms with van der Waals surface area (Å²) in [5.41, 5.74) is 4.18. The number of piperidine rings is 1. The first kappa shape index (κ1) is 20.8. The summed E-state index contributed by atoms with van der Waals surface area (Å²) in [6.45, 7) is 2.84. The maximum atomic E-state index is 10.7. The largest absolute Gasteiger partial charge is 0.497 e. The normalized spacial score (nSPS) is 16.5. The van der Waals surface area contributed by atoms with Crippen LogP contribution >= 0.6 is 0 Å². The Kier molecular flexibility index (Phi) is 6.74. The molecule has 31 heavy (non-hydrogen) atoms. The predicted octanol–water partition coefficient (Wildman–Crippen LogP) is 3.61. The Morgan fingerprint density at radius 2 is 1.81 bits per heavy atom. The zero-order valence-electron chi connectivity index (χ0n) is 17.6. The van der Waals surface area contributed by atoms with Crippen LogP contribution in [0.4, 0.5) is 11.6 Å². The first-order valence-corrected chi connectivity index (χ1v) is 10.5. The van der Waals surface area contributed by atoms with Crippen LogP contribution in [0.2, 0.25) is 0 Å². The second-order valence-electron chi connectivity index (χ2n) is 7.70. The molecule has 7 nitrogen and oxygen atoms in total. The highest BCUT2D eigenvalue weighted by Crippen LogP contribution is 2.22. The molecule has 7 heteroatoms. The molecule has 1 saturated heterocycles. The van der Waals surface area contributed by atoms with Gasteiger partial charge in [-0.3, -0.25) is 9.69 Å². The van der Waals surface area contributed by atoms with Gasteiger partial charge >= 0.3 is 0 Å². The highest BCUT2D eigenvalue weighted by Gasteiger charge is 2.19. The molecule has 0 spiro atoms. The van der Waals surface area contributed by atoms with Gasteiger partial charge in [0.2, 0.25) is 12.4 Å². The predicted molar refractivity (Wildman–Crippen MR) is 121 cm³/mol. The number of likely N-dealkylation sites (tertiary alicyclic amines) is 1. The van der Waals surface area contributed by atoms with E-state index in [2.05, 4.69) is 37.6 Å². The average Bonchev–Trinajstić information content (AvgIpc) is 2.81. The first-order chi connectivity index (χ1) is 15.2. The fourth-order valence-electron chi connectivity index (χ4n) is 3.84. The Morgan fingerprint density at radius 1 is 1.06 bits per heavy atom. The van der Waals surface area contributed by atoms with Gasteiger partial charge in [0.1, 0.15) is 5.75 Å². The fraction of sp³-hybridized carbons (Fsp3) is 0.292. The summed E-state index contributed by atoms with van der Waals surface area (Å²) >= 11 is 0. The maximum absolute atomic E-state index is 10.7. The second kappa shape index (κ2) is 10.0. The fourth-order valence-corrected chi connectivity index (χ4v) is 3.84. The number of carbonyl (C=O) groups is 1. The minimum atomic E-state index is 0.255. The van der Waals surface area contributed by atoms with E-state index in [4.69, 9.17) is 4.74 Å². The van der Waals surface area contributed by atoms with Crippen molar-refractivity contribution < 1.29 is 9.53 Å². The Labute approximate surface area is 182 Å². The van der Waals surface area contributed by atoms with Crippen molar-refractivity contribution in [3.05, 3.63) is 66.5 Å². The quantitative estimate of drug-likeness (QED) is 0.545. The van der Waals surface area contributed by atoms with Crippen LogP contribution in [0.25, 0.3) is 11.1 Å². The summed E-state index contributed by atoms with van der Waals surface area (Å²) in [6.07, 6.45) is 6.59. The molecule has 4 rings (SSSR count). The van der Waals surface area contributed by atoms with Gasteiger partial charge in [-0.2, -0.15) is 0 Å². The average molecular weight is 418 g/mol. The van der Waals surface area contributed by atoms with Crippen molar-refractivity contribution in [1.82, 2.24) is 20.2 Å². The smallest absolute Gasteiger partial charge is 0.227 e. The molecule has 1 atom stereocenters. The number of hydrogen-bond donors (Lipinski definition) is 2. The van der Waals surface area contributed by atoms with Crippen LogP contribution in [0, 0.1) is 0 Å². The van der Waals surface area contributed by atoms with Gasteiger partial charge in [-0.05, 0) is 54.8 Å². The third kappa shape index (κ3) is 5.58. The van der Waals surface area contributed by atoms with Crippen molar-refractivity contribution in [2.24, 2.45) is 0 Å². The lowest BCUT2D eigenvalue weighted by atomic mass is 10.0. The van der Waals surface area contributed by atoms with Gasteiger partial charge < -0.3 is 15.4 Å². The van der Waals surface area contributed by atoms with E-state index in [-0.39, 0.29) is 6.04 Å². The van der Waals surface area contributed by atoms with Crippen molar-refractivity contribution in [1.29, 1.82) is 0 Å². The summed E-state index contributed by atoms with van der Waals surface area (Å²) in [4.78, 5) is 21.9. The molecule has 2 N–H and O–H groups in total. The van der Waals surface area contributed by atoms with E-state index < -0.39 is 0 Å². The SMILES string of the molecule is COc1ccc(-c2cnc(Nc3ccc(CN4CCCC(NC=O)C4)cc3)nc2)cc1. The molecule has 2 heterocycles. The third-order valence-corrected chi connectivity index (χ3v) is 5.50. The summed E-state index contributed by atoms with van der Waals surface area (Å²) in [5, 5.41) is 6.16. The van der Waals surface area contributed by atoms with Crippen molar-refractivity contribution in [3.63, 3.8) is 0 Å². The lowest BCUT2D eigenvalue weighted by molar-refractivity contribution is -0.110. The second-order valence-corrected chi connectivity index (χ2v) is 7.70. The molecule has 1 unspecified atom stereocenters. The first-order valence-electron chi connectivity index (χ1n) is 10.5. The minimum Gasteiger partial charge on any atom is -0.497 e. The van der Waals surface area contributed by atoms with E-state index >= 15 is 0 Å². The number of methoxy groups -OCH3 is 1. The minimum absolute atomic E-state index is 0.255. The number of hydrogen-bond acceptors (Lipinski definition) is 6. The van der Waals surface area contributed by atoms with Crippen molar-refractivity contribution >= 4 is 18.0 Å². The zero-order valence-corrected chi connectivity index (χ0v) is 17.6. The summed E-state index contributed by atoms with van der Waals surface area (Å²) < 4.78 is 5.20. The lowest BCUT2D eigenvalue weighted by Crippen LogP contribution is -2.44. The topological polar surface area (TPSA) is 79.4 Å². The Bertz CT molecular complexity index is 974. The Hall–Kier alpha value is -3.45. The number of ether oxygens (including phenoxy) is 1. The summed E-state index contributed by atoms with van der Waals surface area (Å²) in [6, 6.07) is 16.4. The van der Waals surface area contributed by atoms with E-state index in [1.807, 2.05) is 48.8 Å². The van der Waals surface area contributed by atoms with Gasteiger partial charge in [0.15, 0.2) is 0 Å². The third-order valence-electron chi connectivity index (χ3n) is 5.50. The number of anilines is 2. The molecule has 2 aromatic carbocycles. The van der Waals surface area contributed by atoms with Gasteiger partial charge in [-0.1, -0.05) is 24.3 Å². The van der Waals surface area contributed by atoms with Crippen molar-refractivity contribution in [2.75, 3.05) is 25.5 Å². The van der Waals surface area contributed by atoms with E-state index in [0.29, 0.717) is 5.95 Å². The number of nitrogens with zero attached hydrogens (tertiary/aromatic N) is 3. The monoisotopic (exact) mass is 417 g/mol. The standard InChI is InChI=1S/C24H27N5O2/c1-31-23-10-6-19(7-11-23)20-13-25-24(26-14-20)28-21-8-4-18(5-9-21)15-29-12-2-3-22(16-29)27-17-30/h4-11,13-14,17,22H,2-3,12,15-16H2,1H3,(H,27,30)(H,25,26,28). The molecule has 3 aromatic rings. The molecule has 0 saturated carbocycles. The lowest BCUT2D eigenvalue weighted by Gasteiger charge is -2.32. The van der Waals surface area contributed by atoms with Gasteiger partial charge in [0.05, 0.1) is 7.11 Å². The molecule has 1 aliphatic heterocycles. The number of nitrogens with one attached hydrogen (secondary N) is 2. The molecule has 0 aliphatic carbocycles. The Balaban J connectivity index is 1.33. The number of amides is 1. The van der Waals surface area contributed by atoms with E-state index in [1.54, 1.807) is 7.11 Å².